The highest BCUT2D eigenvalue weighted by Crippen LogP contribution is 2.23. The van der Waals surface area contributed by atoms with Gasteiger partial charge in [0.05, 0.1) is 10.9 Å². The van der Waals surface area contributed by atoms with Crippen LogP contribution in [0.5, 0.6) is 0 Å². The van der Waals surface area contributed by atoms with Gasteiger partial charge in [0, 0.05) is 13.1 Å². The van der Waals surface area contributed by atoms with E-state index < -0.39 is 0 Å². The summed E-state index contributed by atoms with van der Waals surface area (Å²) in [5.74, 6) is 0.922. The molecule has 1 fully saturated rings. The Balaban J connectivity index is 2.59. The number of nitrogens with two attached hydrogens (primary N) is 1. The van der Waals surface area contributed by atoms with E-state index in [1.165, 1.54) is 0 Å². The molecule has 4 heteroatoms. The van der Waals surface area contributed by atoms with Crippen molar-refractivity contribution in [3.05, 3.63) is 0 Å². The number of likely N-dealkylation sites (tertiary alicyclic amines) is 1. The Bertz CT molecular complexity index is 245. The average Bonchev–Trinajstić information content (AvgIpc) is 2.44. The normalized spacial score (nSPS) is 28.9. The molecule has 1 aliphatic rings. The Morgan fingerprint density at radius 2 is 1.86 bits per heavy atom. The van der Waals surface area contributed by atoms with Crippen molar-refractivity contribution in [2.75, 3.05) is 13.1 Å². The summed E-state index contributed by atoms with van der Waals surface area (Å²) in [6.07, 6.45) is 0. The Kier molecular flexibility index (Phi) is 3.48. The molecule has 1 aliphatic heterocycles. The molecular formula is C10H18N2OS. The fraction of sp³-hybridized carbons (Fsp3) is 0.800. The first-order chi connectivity index (χ1) is 6.43. The van der Waals surface area contributed by atoms with E-state index in [1.807, 2.05) is 4.90 Å². The maximum atomic E-state index is 11.8. The summed E-state index contributed by atoms with van der Waals surface area (Å²) in [6, 6.07) is 0. The van der Waals surface area contributed by atoms with E-state index in [-0.39, 0.29) is 11.8 Å². The zero-order valence-electron chi connectivity index (χ0n) is 8.99. The number of rotatable bonds is 2. The van der Waals surface area contributed by atoms with Crippen LogP contribution in [0.1, 0.15) is 20.8 Å². The van der Waals surface area contributed by atoms with E-state index in [0.29, 0.717) is 16.8 Å². The molecule has 0 aromatic rings. The first-order valence-electron chi connectivity index (χ1n) is 5.01. The van der Waals surface area contributed by atoms with Crippen LogP contribution in [0, 0.1) is 17.8 Å². The van der Waals surface area contributed by atoms with Crippen molar-refractivity contribution in [3.8, 4) is 0 Å². The highest BCUT2D eigenvalue weighted by Gasteiger charge is 2.32. The van der Waals surface area contributed by atoms with Crippen LogP contribution in [0.15, 0.2) is 0 Å². The van der Waals surface area contributed by atoms with Crippen molar-refractivity contribution in [2.45, 2.75) is 20.8 Å². The minimum Gasteiger partial charge on any atom is -0.393 e. The summed E-state index contributed by atoms with van der Waals surface area (Å²) in [5.41, 5.74) is 5.46. The molecule has 3 unspecified atom stereocenters. The topological polar surface area (TPSA) is 46.3 Å². The Labute approximate surface area is 90.6 Å². The van der Waals surface area contributed by atoms with Gasteiger partial charge in [-0.1, -0.05) is 26.1 Å². The van der Waals surface area contributed by atoms with Crippen LogP contribution in [0.4, 0.5) is 0 Å². The average molecular weight is 214 g/mol. The highest BCUT2D eigenvalue weighted by molar-refractivity contribution is 7.80. The second-order valence-electron chi connectivity index (χ2n) is 4.32. The van der Waals surface area contributed by atoms with Gasteiger partial charge in [-0.05, 0) is 18.8 Å². The van der Waals surface area contributed by atoms with Crippen LogP contribution >= 0.6 is 12.2 Å². The lowest BCUT2D eigenvalue weighted by Gasteiger charge is -2.19. The largest absolute Gasteiger partial charge is 0.393 e. The maximum Gasteiger partial charge on any atom is 0.232 e. The number of carbonyl (C=O) groups excluding carboxylic acids is 1. The molecule has 3 nitrogen and oxygen atoms in total. The van der Waals surface area contributed by atoms with E-state index >= 15 is 0 Å². The van der Waals surface area contributed by atoms with E-state index in [1.54, 1.807) is 6.92 Å². The summed E-state index contributed by atoms with van der Waals surface area (Å²) >= 11 is 4.82. The molecule has 0 aromatic carbocycles. The highest BCUT2D eigenvalue weighted by atomic mass is 32.1. The summed E-state index contributed by atoms with van der Waals surface area (Å²) < 4.78 is 0. The van der Waals surface area contributed by atoms with Gasteiger partial charge in [0.15, 0.2) is 0 Å². The molecule has 1 saturated heterocycles. The second-order valence-corrected chi connectivity index (χ2v) is 4.79. The SMILES string of the molecule is CC(C(=O)N1CC(C)C(C)C1)C(N)=S. The zero-order valence-corrected chi connectivity index (χ0v) is 9.80. The first-order valence-corrected chi connectivity index (χ1v) is 5.42. The van der Waals surface area contributed by atoms with Gasteiger partial charge in [0.25, 0.3) is 0 Å². The van der Waals surface area contributed by atoms with Crippen molar-refractivity contribution in [1.82, 2.24) is 4.90 Å². The molecule has 1 heterocycles. The van der Waals surface area contributed by atoms with Gasteiger partial charge < -0.3 is 10.6 Å². The van der Waals surface area contributed by atoms with E-state index in [2.05, 4.69) is 13.8 Å². The lowest BCUT2D eigenvalue weighted by Crippen LogP contribution is -2.38. The second kappa shape index (κ2) is 4.26. The van der Waals surface area contributed by atoms with E-state index in [9.17, 15) is 4.79 Å². The molecule has 2 N–H and O–H groups in total. The molecule has 1 rings (SSSR count). The smallest absolute Gasteiger partial charge is 0.232 e. The lowest BCUT2D eigenvalue weighted by atomic mass is 10.0. The third kappa shape index (κ3) is 2.23. The van der Waals surface area contributed by atoms with Gasteiger partial charge in [-0.15, -0.1) is 0 Å². The van der Waals surface area contributed by atoms with Crippen molar-refractivity contribution in [1.29, 1.82) is 0 Å². The number of nitrogens with zero attached hydrogens (tertiary/aromatic N) is 1. The Morgan fingerprint density at radius 3 is 2.21 bits per heavy atom. The summed E-state index contributed by atoms with van der Waals surface area (Å²) in [6.45, 7) is 7.80. The number of hydrogen-bond acceptors (Lipinski definition) is 2. The predicted octanol–water partition coefficient (Wildman–Crippen LogP) is 1.02. The third-order valence-corrected chi connectivity index (χ3v) is 3.45. The summed E-state index contributed by atoms with van der Waals surface area (Å²) in [5, 5.41) is 0. The van der Waals surface area contributed by atoms with Gasteiger partial charge in [-0.25, -0.2) is 0 Å². The van der Waals surface area contributed by atoms with Crippen LogP contribution in [0.2, 0.25) is 0 Å². The van der Waals surface area contributed by atoms with Gasteiger partial charge in [0.1, 0.15) is 0 Å². The van der Waals surface area contributed by atoms with Crippen LogP contribution in [0.3, 0.4) is 0 Å². The van der Waals surface area contributed by atoms with Crippen LogP contribution in [-0.4, -0.2) is 28.9 Å². The minimum absolute atomic E-state index is 0.0775. The Hall–Kier alpha value is -0.640. The molecule has 0 aliphatic carbocycles. The van der Waals surface area contributed by atoms with Crippen molar-refractivity contribution < 1.29 is 4.79 Å². The monoisotopic (exact) mass is 214 g/mol. The minimum atomic E-state index is -0.317. The molecule has 0 radical (unpaired) electrons. The fourth-order valence-corrected chi connectivity index (χ4v) is 1.81. The van der Waals surface area contributed by atoms with Crippen molar-refractivity contribution in [2.24, 2.45) is 23.5 Å². The Morgan fingerprint density at radius 1 is 1.43 bits per heavy atom. The van der Waals surface area contributed by atoms with E-state index in [4.69, 9.17) is 18.0 Å². The molecule has 0 aromatic heterocycles. The molecule has 0 bridgehead atoms. The quantitative estimate of drug-likeness (QED) is 0.698. The number of carbonyl (C=O) groups is 1. The van der Waals surface area contributed by atoms with Crippen LogP contribution < -0.4 is 5.73 Å². The third-order valence-electron chi connectivity index (χ3n) is 3.10. The molecular weight excluding hydrogens is 196 g/mol. The molecule has 0 spiro atoms. The number of thiocarbonyl (C=S) groups is 1. The van der Waals surface area contributed by atoms with E-state index in [0.717, 1.165) is 13.1 Å². The molecule has 80 valence electrons. The zero-order chi connectivity index (χ0) is 10.9. The van der Waals surface area contributed by atoms with Gasteiger partial charge in [-0.3, -0.25) is 4.79 Å². The summed E-state index contributed by atoms with van der Waals surface area (Å²) in [7, 11) is 0. The number of amides is 1. The molecule has 1 amide bonds. The van der Waals surface area contributed by atoms with Gasteiger partial charge in [-0.2, -0.15) is 0 Å². The fourth-order valence-electron chi connectivity index (χ4n) is 1.71. The first kappa shape index (κ1) is 11.4. The van der Waals surface area contributed by atoms with Gasteiger partial charge >= 0.3 is 0 Å². The summed E-state index contributed by atoms with van der Waals surface area (Å²) in [4.78, 5) is 14.0. The lowest BCUT2D eigenvalue weighted by molar-refractivity contribution is -0.132. The molecule has 0 saturated carbocycles. The van der Waals surface area contributed by atoms with Crippen LogP contribution in [0.25, 0.3) is 0 Å². The number of hydrogen-bond donors (Lipinski definition) is 1. The standard InChI is InChI=1S/C10H18N2OS/c1-6-4-12(5-7(6)2)10(13)8(3)9(11)14/h6-8H,4-5H2,1-3H3,(H2,11,14). The maximum absolute atomic E-state index is 11.8. The molecule has 14 heavy (non-hydrogen) atoms. The van der Waals surface area contributed by atoms with Crippen LogP contribution in [-0.2, 0) is 4.79 Å². The van der Waals surface area contributed by atoms with Gasteiger partial charge in [0.2, 0.25) is 5.91 Å². The van der Waals surface area contributed by atoms with Crippen molar-refractivity contribution >= 4 is 23.1 Å². The van der Waals surface area contributed by atoms with Crippen molar-refractivity contribution in [3.63, 3.8) is 0 Å². The predicted molar refractivity (Wildman–Crippen MR) is 60.9 cm³/mol. The molecule has 3 atom stereocenters.